The van der Waals surface area contributed by atoms with Gasteiger partial charge in [-0.15, -0.1) is 0 Å². The van der Waals surface area contributed by atoms with Crippen LogP contribution in [0.2, 0.25) is 0 Å². The lowest BCUT2D eigenvalue weighted by Gasteiger charge is -2.26. The Kier molecular flexibility index (Phi) is 5.23. The van der Waals surface area contributed by atoms with Gasteiger partial charge < -0.3 is 9.64 Å². The summed E-state index contributed by atoms with van der Waals surface area (Å²) in [7, 11) is 1.77. The van der Waals surface area contributed by atoms with Gasteiger partial charge in [-0.1, -0.05) is 43.7 Å². The normalized spacial score (nSPS) is 17.7. The van der Waals surface area contributed by atoms with Crippen molar-refractivity contribution in [3.8, 4) is 11.4 Å². The van der Waals surface area contributed by atoms with Crippen molar-refractivity contribution >= 4 is 5.82 Å². The molecule has 0 N–H and O–H groups in total. The third kappa shape index (κ3) is 3.70. The van der Waals surface area contributed by atoms with Crippen LogP contribution in [-0.2, 0) is 11.2 Å². The van der Waals surface area contributed by atoms with Gasteiger partial charge in [0, 0.05) is 31.0 Å². The minimum Gasteiger partial charge on any atom is -0.383 e. The minimum absolute atomic E-state index is 0.424. The SMILES string of the molecule is CCCc1cc(N2CCCC2COC)nc(-c2ccccc2)n1. The monoisotopic (exact) mass is 311 g/mol. The van der Waals surface area contributed by atoms with E-state index in [0.717, 1.165) is 48.9 Å². The molecule has 0 aliphatic carbocycles. The predicted molar refractivity (Wildman–Crippen MR) is 93.7 cm³/mol. The van der Waals surface area contributed by atoms with E-state index in [1.165, 1.54) is 12.8 Å². The van der Waals surface area contributed by atoms with Crippen LogP contribution < -0.4 is 4.90 Å². The standard InChI is InChI=1S/C19H25N3O/c1-3-8-16-13-18(22-12-7-11-17(22)14-23-2)21-19(20-16)15-9-5-4-6-10-15/h4-6,9-10,13,17H,3,7-8,11-12,14H2,1-2H3. The lowest BCUT2D eigenvalue weighted by Crippen LogP contribution is -2.33. The molecule has 0 amide bonds. The Morgan fingerprint density at radius 2 is 2.04 bits per heavy atom. The average Bonchev–Trinajstić information content (AvgIpc) is 3.04. The zero-order chi connectivity index (χ0) is 16.1. The quantitative estimate of drug-likeness (QED) is 0.815. The van der Waals surface area contributed by atoms with Crippen LogP contribution in [0.4, 0.5) is 5.82 Å². The Morgan fingerprint density at radius 3 is 2.78 bits per heavy atom. The van der Waals surface area contributed by atoms with Crippen LogP contribution in [0, 0.1) is 0 Å². The summed E-state index contributed by atoms with van der Waals surface area (Å²) in [6.07, 6.45) is 4.44. The van der Waals surface area contributed by atoms with Crippen molar-refractivity contribution < 1.29 is 4.74 Å². The van der Waals surface area contributed by atoms with E-state index in [4.69, 9.17) is 14.7 Å². The minimum atomic E-state index is 0.424. The molecule has 1 atom stereocenters. The number of methoxy groups -OCH3 is 1. The topological polar surface area (TPSA) is 38.2 Å². The molecule has 0 bridgehead atoms. The van der Waals surface area contributed by atoms with Gasteiger partial charge in [-0.05, 0) is 19.3 Å². The van der Waals surface area contributed by atoms with Crippen molar-refractivity contribution in [3.05, 3.63) is 42.1 Å². The van der Waals surface area contributed by atoms with E-state index >= 15 is 0 Å². The van der Waals surface area contributed by atoms with Gasteiger partial charge in [0.1, 0.15) is 5.82 Å². The van der Waals surface area contributed by atoms with Crippen LogP contribution in [0.1, 0.15) is 31.9 Å². The fraction of sp³-hybridized carbons (Fsp3) is 0.474. The lowest BCUT2D eigenvalue weighted by molar-refractivity contribution is 0.180. The van der Waals surface area contributed by atoms with E-state index in [2.05, 4.69) is 30.0 Å². The molecular weight excluding hydrogens is 286 g/mol. The Balaban J connectivity index is 1.97. The largest absolute Gasteiger partial charge is 0.383 e. The molecule has 0 saturated carbocycles. The molecular formula is C19H25N3O. The number of hydrogen-bond donors (Lipinski definition) is 0. The first-order valence-corrected chi connectivity index (χ1v) is 8.50. The highest BCUT2D eigenvalue weighted by atomic mass is 16.5. The maximum atomic E-state index is 5.39. The second-order valence-electron chi connectivity index (χ2n) is 6.10. The molecule has 23 heavy (non-hydrogen) atoms. The predicted octanol–water partition coefficient (Wildman–Crippen LogP) is 3.71. The second-order valence-corrected chi connectivity index (χ2v) is 6.10. The number of aromatic nitrogens is 2. The van der Waals surface area contributed by atoms with Gasteiger partial charge in [-0.2, -0.15) is 0 Å². The van der Waals surface area contributed by atoms with Gasteiger partial charge in [-0.3, -0.25) is 0 Å². The first kappa shape index (κ1) is 15.9. The van der Waals surface area contributed by atoms with E-state index in [-0.39, 0.29) is 0 Å². The number of ether oxygens (including phenoxy) is 1. The second kappa shape index (κ2) is 7.55. The smallest absolute Gasteiger partial charge is 0.161 e. The van der Waals surface area contributed by atoms with Crippen molar-refractivity contribution in [3.63, 3.8) is 0 Å². The van der Waals surface area contributed by atoms with Crippen molar-refractivity contribution in [2.24, 2.45) is 0 Å². The van der Waals surface area contributed by atoms with Crippen LogP contribution in [0.3, 0.4) is 0 Å². The van der Waals surface area contributed by atoms with E-state index in [1.54, 1.807) is 7.11 Å². The van der Waals surface area contributed by atoms with Crippen LogP contribution in [0.15, 0.2) is 36.4 Å². The molecule has 3 rings (SSSR count). The zero-order valence-corrected chi connectivity index (χ0v) is 14.0. The number of benzene rings is 1. The Hall–Kier alpha value is -1.94. The van der Waals surface area contributed by atoms with Crippen molar-refractivity contribution in [1.29, 1.82) is 0 Å². The molecule has 2 aromatic rings. The number of anilines is 1. The number of nitrogens with zero attached hydrogens (tertiary/aromatic N) is 3. The van der Waals surface area contributed by atoms with Gasteiger partial charge in [0.25, 0.3) is 0 Å². The summed E-state index contributed by atoms with van der Waals surface area (Å²) >= 11 is 0. The summed E-state index contributed by atoms with van der Waals surface area (Å²) in [6.45, 7) is 3.99. The van der Waals surface area contributed by atoms with Crippen LogP contribution in [0.5, 0.6) is 0 Å². The fourth-order valence-electron chi connectivity index (χ4n) is 3.23. The van der Waals surface area contributed by atoms with Crippen molar-refractivity contribution in [1.82, 2.24) is 9.97 Å². The molecule has 4 nitrogen and oxygen atoms in total. The highest BCUT2D eigenvalue weighted by Gasteiger charge is 2.26. The van der Waals surface area contributed by atoms with E-state index in [0.29, 0.717) is 6.04 Å². The number of hydrogen-bond acceptors (Lipinski definition) is 4. The van der Waals surface area contributed by atoms with Gasteiger partial charge in [-0.25, -0.2) is 9.97 Å². The maximum Gasteiger partial charge on any atom is 0.161 e. The summed E-state index contributed by atoms with van der Waals surface area (Å²) in [5.74, 6) is 1.87. The molecule has 4 heteroatoms. The summed E-state index contributed by atoms with van der Waals surface area (Å²) in [6, 6.07) is 12.8. The molecule has 0 spiro atoms. The van der Waals surface area contributed by atoms with Gasteiger partial charge in [0.15, 0.2) is 5.82 Å². The Bertz CT molecular complexity index is 630. The molecule has 2 heterocycles. The van der Waals surface area contributed by atoms with Crippen molar-refractivity contribution in [2.45, 2.75) is 38.6 Å². The molecule has 0 radical (unpaired) electrons. The van der Waals surface area contributed by atoms with E-state index < -0.39 is 0 Å². The van der Waals surface area contributed by atoms with E-state index in [9.17, 15) is 0 Å². The highest BCUT2D eigenvalue weighted by molar-refractivity contribution is 5.58. The molecule has 1 saturated heterocycles. The zero-order valence-electron chi connectivity index (χ0n) is 14.0. The van der Waals surface area contributed by atoms with Crippen molar-refractivity contribution in [2.75, 3.05) is 25.2 Å². The molecule has 1 aliphatic heterocycles. The Morgan fingerprint density at radius 1 is 1.22 bits per heavy atom. The summed E-state index contributed by atoms with van der Waals surface area (Å²) in [5.41, 5.74) is 2.20. The first-order valence-electron chi connectivity index (χ1n) is 8.50. The lowest BCUT2D eigenvalue weighted by atomic mass is 10.2. The summed E-state index contributed by atoms with van der Waals surface area (Å²) in [4.78, 5) is 12.0. The molecule has 1 aromatic heterocycles. The Labute approximate surface area is 138 Å². The van der Waals surface area contributed by atoms with Gasteiger partial charge in [0.05, 0.1) is 12.6 Å². The summed E-state index contributed by atoms with van der Waals surface area (Å²) in [5, 5.41) is 0. The highest BCUT2D eigenvalue weighted by Crippen LogP contribution is 2.27. The third-order valence-corrected chi connectivity index (χ3v) is 4.33. The number of rotatable bonds is 6. The number of aryl methyl sites for hydroxylation is 1. The van der Waals surface area contributed by atoms with Crippen LogP contribution in [-0.4, -0.2) is 36.3 Å². The third-order valence-electron chi connectivity index (χ3n) is 4.33. The molecule has 1 aliphatic rings. The van der Waals surface area contributed by atoms with E-state index in [1.807, 2.05) is 18.2 Å². The molecule has 1 unspecified atom stereocenters. The molecule has 1 fully saturated rings. The fourth-order valence-corrected chi connectivity index (χ4v) is 3.23. The van der Waals surface area contributed by atoms with Gasteiger partial charge in [0.2, 0.25) is 0 Å². The van der Waals surface area contributed by atoms with Crippen LogP contribution >= 0.6 is 0 Å². The molecule has 1 aromatic carbocycles. The average molecular weight is 311 g/mol. The first-order chi connectivity index (χ1) is 11.3. The summed E-state index contributed by atoms with van der Waals surface area (Å²) < 4.78 is 5.39. The van der Waals surface area contributed by atoms with Crippen LogP contribution in [0.25, 0.3) is 11.4 Å². The molecule has 122 valence electrons. The maximum absolute atomic E-state index is 5.39. The van der Waals surface area contributed by atoms with Gasteiger partial charge >= 0.3 is 0 Å².